The van der Waals surface area contributed by atoms with E-state index in [0.717, 1.165) is 11.3 Å². The zero-order valence-electron chi connectivity index (χ0n) is 11.4. The van der Waals surface area contributed by atoms with Crippen LogP contribution in [-0.4, -0.2) is 36.3 Å². The van der Waals surface area contributed by atoms with Crippen LogP contribution >= 0.6 is 0 Å². The number of benzene rings is 1. The Labute approximate surface area is 116 Å². The SMILES string of the molecule is CC/C=C/COC(=O)c1ccc2c(c1)C(=O)N(C)C2=O. The summed E-state index contributed by atoms with van der Waals surface area (Å²) in [6.45, 7) is 2.18. The minimum atomic E-state index is -0.511. The fourth-order valence-electron chi connectivity index (χ4n) is 1.93. The predicted molar refractivity (Wildman–Crippen MR) is 72.6 cm³/mol. The molecule has 0 N–H and O–H groups in total. The number of esters is 1. The molecule has 0 spiro atoms. The number of allylic oxidation sites excluding steroid dienone is 1. The van der Waals surface area contributed by atoms with Crippen LogP contribution in [0.15, 0.2) is 30.4 Å². The van der Waals surface area contributed by atoms with E-state index in [4.69, 9.17) is 4.74 Å². The molecule has 20 heavy (non-hydrogen) atoms. The molecule has 1 aromatic carbocycles. The summed E-state index contributed by atoms with van der Waals surface area (Å²) in [5.41, 5.74) is 0.834. The molecule has 5 nitrogen and oxygen atoms in total. The van der Waals surface area contributed by atoms with Crippen LogP contribution in [0.4, 0.5) is 0 Å². The van der Waals surface area contributed by atoms with Crippen molar-refractivity contribution in [1.29, 1.82) is 0 Å². The number of hydrogen-bond donors (Lipinski definition) is 0. The van der Waals surface area contributed by atoms with Gasteiger partial charge in [0.05, 0.1) is 16.7 Å². The van der Waals surface area contributed by atoms with Crippen LogP contribution in [0.5, 0.6) is 0 Å². The van der Waals surface area contributed by atoms with Crippen molar-refractivity contribution >= 4 is 17.8 Å². The number of nitrogens with zero attached hydrogens (tertiary/aromatic N) is 1. The molecule has 0 radical (unpaired) electrons. The van der Waals surface area contributed by atoms with Gasteiger partial charge in [-0.2, -0.15) is 0 Å². The van der Waals surface area contributed by atoms with Gasteiger partial charge in [-0.05, 0) is 24.6 Å². The van der Waals surface area contributed by atoms with Crippen LogP contribution in [0.1, 0.15) is 44.4 Å². The first-order valence-corrected chi connectivity index (χ1v) is 6.34. The van der Waals surface area contributed by atoms with Gasteiger partial charge in [0.1, 0.15) is 6.61 Å². The highest BCUT2D eigenvalue weighted by molar-refractivity contribution is 6.21. The molecule has 5 heteroatoms. The van der Waals surface area contributed by atoms with Crippen molar-refractivity contribution in [2.24, 2.45) is 0 Å². The van der Waals surface area contributed by atoms with Crippen LogP contribution < -0.4 is 0 Å². The summed E-state index contributed by atoms with van der Waals surface area (Å²) in [4.78, 5) is 36.4. The van der Waals surface area contributed by atoms with Crippen molar-refractivity contribution in [2.45, 2.75) is 13.3 Å². The number of fused-ring (bicyclic) bond motifs is 1. The smallest absolute Gasteiger partial charge is 0.338 e. The lowest BCUT2D eigenvalue weighted by atomic mass is 10.1. The second-order valence-electron chi connectivity index (χ2n) is 4.41. The van der Waals surface area contributed by atoms with Crippen molar-refractivity contribution in [1.82, 2.24) is 4.90 Å². The molecule has 104 valence electrons. The Balaban J connectivity index is 2.16. The third-order valence-electron chi connectivity index (χ3n) is 3.04. The Morgan fingerprint density at radius 2 is 1.90 bits per heavy atom. The van der Waals surface area contributed by atoms with Crippen LogP contribution in [-0.2, 0) is 4.74 Å². The number of rotatable bonds is 4. The van der Waals surface area contributed by atoms with E-state index >= 15 is 0 Å². The summed E-state index contributed by atoms with van der Waals surface area (Å²) in [5, 5.41) is 0. The molecule has 2 amide bonds. The Hall–Kier alpha value is -2.43. The largest absolute Gasteiger partial charge is 0.458 e. The number of hydrogen-bond acceptors (Lipinski definition) is 4. The fraction of sp³-hybridized carbons (Fsp3) is 0.267. The second-order valence-corrected chi connectivity index (χ2v) is 4.41. The van der Waals surface area contributed by atoms with Gasteiger partial charge >= 0.3 is 5.97 Å². The highest BCUT2D eigenvalue weighted by atomic mass is 16.5. The molecule has 2 rings (SSSR count). The Bertz CT molecular complexity index is 604. The maximum Gasteiger partial charge on any atom is 0.338 e. The average Bonchev–Trinajstić information content (AvgIpc) is 2.68. The van der Waals surface area contributed by atoms with E-state index in [0.29, 0.717) is 5.56 Å². The Morgan fingerprint density at radius 1 is 1.20 bits per heavy atom. The average molecular weight is 273 g/mol. The molecule has 1 aliphatic heterocycles. The molecule has 0 unspecified atom stereocenters. The van der Waals surface area contributed by atoms with E-state index in [9.17, 15) is 14.4 Å². The first-order chi connectivity index (χ1) is 9.56. The van der Waals surface area contributed by atoms with Gasteiger partial charge in [0, 0.05) is 7.05 Å². The molecule has 0 saturated heterocycles. The molecule has 1 heterocycles. The zero-order valence-corrected chi connectivity index (χ0v) is 11.4. The third-order valence-corrected chi connectivity index (χ3v) is 3.04. The topological polar surface area (TPSA) is 63.7 Å². The number of imide groups is 1. The molecule has 1 aromatic rings. The lowest BCUT2D eigenvalue weighted by Crippen LogP contribution is -2.24. The van der Waals surface area contributed by atoms with Crippen molar-refractivity contribution < 1.29 is 19.1 Å². The maximum absolute atomic E-state index is 11.8. The molecule has 0 saturated carbocycles. The van der Waals surface area contributed by atoms with Gasteiger partial charge < -0.3 is 4.74 Å². The van der Waals surface area contributed by atoms with Gasteiger partial charge in [0.25, 0.3) is 11.8 Å². The Morgan fingerprint density at radius 3 is 2.60 bits per heavy atom. The van der Waals surface area contributed by atoms with Crippen molar-refractivity contribution in [3.8, 4) is 0 Å². The summed E-state index contributed by atoms with van der Waals surface area (Å²) in [6, 6.07) is 4.39. The molecular formula is C15H15NO4. The van der Waals surface area contributed by atoms with Gasteiger partial charge in [0.2, 0.25) is 0 Å². The quantitative estimate of drug-likeness (QED) is 0.478. The van der Waals surface area contributed by atoms with Crippen LogP contribution in [0.25, 0.3) is 0 Å². The highest BCUT2D eigenvalue weighted by Crippen LogP contribution is 2.22. The fourth-order valence-corrected chi connectivity index (χ4v) is 1.93. The van der Waals surface area contributed by atoms with Crippen LogP contribution in [0.3, 0.4) is 0 Å². The molecule has 0 aromatic heterocycles. The summed E-state index contributed by atoms with van der Waals surface area (Å²) in [5.74, 6) is -1.26. The van der Waals surface area contributed by atoms with Crippen LogP contribution in [0, 0.1) is 0 Å². The molecule has 0 atom stereocenters. The number of ether oxygens (including phenoxy) is 1. The summed E-state index contributed by atoms with van der Waals surface area (Å²) >= 11 is 0. The normalized spacial score (nSPS) is 14.0. The van der Waals surface area contributed by atoms with E-state index in [1.54, 1.807) is 6.08 Å². The minimum Gasteiger partial charge on any atom is -0.458 e. The number of amides is 2. The lowest BCUT2D eigenvalue weighted by molar-refractivity contribution is 0.0548. The van der Waals surface area contributed by atoms with E-state index in [1.165, 1.54) is 25.2 Å². The highest BCUT2D eigenvalue weighted by Gasteiger charge is 2.33. The molecule has 0 bridgehead atoms. The van der Waals surface area contributed by atoms with Crippen molar-refractivity contribution in [2.75, 3.05) is 13.7 Å². The lowest BCUT2D eigenvalue weighted by Gasteiger charge is -2.03. The van der Waals surface area contributed by atoms with Gasteiger partial charge in [0.15, 0.2) is 0 Å². The molecule has 0 fully saturated rings. The van der Waals surface area contributed by atoms with Crippen molar-refractivity contribution in [3.05, 3.63) is 47.0 Å². The third kappa shape index (κ3) is 2.47. The molecule has 0 aliphatic carbocycles. The minimum absolute atomic E-state index is 0.191. The van der Waals surface area contributed by atoms with Gasteiger partial charge in [-0.15, -0.1) is 0 Å². The maximum atomic E-state index is 11.8. The molecular weight excluding hydrogens is 258 g/mol. The number of carbonyl (C=O) groups is 3. The summed E-state index contributed by atoms with van der Waals surface area (Å²) < 4.78 is 5.04. The van der Waals surface area contributed by atoms with E-state index in [-0.39, 0.29) is 23.6 Å². The van der Waals surface area contributed by atoms with E-state index < -0.39 is 11.9 Å². The Kier molecular flexibility index (Phi) is 3.98. The van der Waals surface area contributed by atoms with E-state index in [2.05, 4.69) is 0 Å². The van der Waals surface area contributed by atoms with Gasteiger partial charge in [-0.3, -0.25) is 14.5 Å². The molecule has 1 aliphatic rings. The standard InChI is InChI=1S/C15H15NO4/c1-3-4-5-8-20-15(19)10-6-7-11-12(9-10)14(18)16(2)13(11)17/h4-7,9H,3,8H2,1-2H3/b5-4+. The summed E-state index contributed by atoms with van der Waals surface area (Å²) in [6.07, 6.45) is 4.53. The van der Waals surface area contributed by atoms with Gasteiger partial charge in [-0.25, -0.2) is 4.79 Å². The zero-order chi connectivity index (χ0) is 14.7. The monoisotopic (exact) mass is 273 g/mol. The predicted octanol–water partition coefficient (Wildman–Crippen LogP) is 2.04. The van der Waals surface area contributed by atoms with E-state index in [1.807, 2.05) is 13.0 Å². The van der Waals surface area contributed by atoms with Gasteiger partial charge in [-0.1, -0.05) is 19.1 Å². The van der Waals surface area contributed by atoms with Crippen molar-refractivity contribution in [3.63, 3.8) is 0 Å². The first kappa shape index (κ1) is 14.0. The summed E-state index contributed by atoms with van der Waals surface area (Å²) in [7, 11) is 1.41. The first-order valence-electron chi connectivity index (χ1n) is 6.34. The van der Waals surface area contributed by atoms with Crippen LogP contribution in [0.2, 0.25) is 0 Å². The number of carbonyl (C=O) groups excluding carboxylic acids is 3. The second kappa shape index (κ2) is 5.69.